The van der Waals surface area contributed by atoms with Crippen molar-refractivity contribution >= 4 is 39.1 Å². The van der Waals surface area contributed by atoms with Gasteiger partial charge in [0.25, 0.3) is 5.91 Å². The van der Waals surface area contributed by atoms with E-state index in [1.165, 1.54) is 17.5 Å². The van der Waals surface area contributed by atoms with Crippen molar-refractivity contribution in [3.05, 3.63) is 50.1 Å². The minimum atomic E-state index is -1.12. The Morgan fingerprint density at radius 1 is 1.48 bits per heavy atom. The Bertz CT molecular complexity index is 704. The van der Waals surface area contributed by atoms with Crippen molar-refractivity contribution in [3.63, 3.8) is 0 Å². The number of nitrogens with zero attached hydrogens (tertiary/aromatic N) is 1. The highest BCUT2D eigenvalue weighted by molar-refractivity contribution is 9.10. The van der Waals surface area contributed by atoms with E-state index in [0.29, 0.717) is 5.01 Å². The van der Waals surface area contributed by atoms with Gasteiger partial charge in [0, 0.05) is 10.9 Å². The maximum absolute atomic E-state index is 13.4. The van der Waals surface area contributed by atoms with Crippen molar-refractivity contribution < 1.29 is 19.1 Å². The molecule has 2 N–H and O–H groups in total. The zero-order valence-corrected chi connectivity index (χ0v) is 13.2. The second-order valence-corrected chi connectivity index (χ2v) is 5.94. The Labute approximate surface area is 132 Å². The number of aromatic carboxylic acids is 1. The van der Waals surface area contributed by atoms with Crippen LogP contribution >= 0.6 is 27.3 Å². The number of hydrogen-bond acceptors (Lipinski definition) is 4. The molecule has 0 aliphatic rings. The molecule has 0 fully saturated rings. The minimum Gasteiger partial charge on any atom is -0.476 e. The van der Waals surface area contributed by atoms with Crippen LogP contribution in [0.5, 0.6) is 0 Å². The van der Waals surface area contributed by atoms with E-state index in [1.54, 1.807) is 6.92 Å². The van der Waals surface area contributed by atoms with E-state index in [2.05, 4.69) is 26.2 Å². The van der Waals surface area contributed by atoms with E-state index in [-0.39, 0.29) is 15.7 Å². The molecule has 1 heterocycles. The zero-order valence-electron chi connectivity index (χ0n) is 10.8. The fourth-order valence-corrected chi connectivity index (χ4v) is 2.61. The quantitative estimate of drug-likeness (QED) is 0.863. The third-order valence-corrected chi connectivity index (χ3v) is 4.31. The third-order valence-electron chi connectivity index (χ3n) is 2.64. The monoisotopic (exact) mass is 372 g/mol. The molecule has 1 unspecified atom stereocenters. The van der Waals surface area contributed by atoms with E-state index >= 15 is 0 Å². The average Bonchev–Trinajstić information content (AvgIpc) is 2.91. The van der Waals surface area contributed by atoms with Gasteiger partial charge in [0.2, 0.25) is 0 Å². The van der Waals surface area contributed by atoms with Gasteiger partial charge in [-0.1, -0.05) is 0 Å². The molecule has 0 spiro atoms. The van der Waals surface area contributed by atoms with Crippen LogP contribution in [-0.4, -0.2) is 22.0 Å². The summed E-state index contributed by atoms with van der Waals surface area (Å²) < 4.78 is 13.7. The van der Waals surface area contributed by atoms with Gasteiger partial charge in [0.15, 0.2) is 5.69 Å². The Morgan fingerprint density at radius 3 is 2.76 bits per heavy atom. The summed E-state index contributed by atoms with van der Waals surface area (Å²) in [4.78, 5) is 26.7. The molecule has 0 radical (unpaired) electrons. The van der Waals surface area contributed by atoms with Crippen molar-refractivity contribution in [1.29, 1.82) is 0 Å². The van der Waals surface area contributed by atoms with Crippen LogP contribution in [0.1, 0.15) is 38.8 Å². The molecule has 0 saturated heterocycles. The number of carbonyl (C=O) groups is 2. The summed E-state index contributed by atoms with van der Waals surface area (Å²) in [5.74, 6) is -2.11. The smallest absolute Gasteiger partial charge is 0.355 e. The predicted molar refractivity (Wildman–Crippen MR) is 79.1 cm³/mol. The van der Waals surface area contributed by atoms with Crippen LogP contribution in [-0.2, 0) is 0 Å². The fraction of sp³-hybridized carbons (Fsp3) is 0.154. The van der Waals surface area contributed by atoms with Gasteiger partial charge in [-0.2, -0.15) is 0 Å². The molecule has 110 valence electrons. The van der Waals surface area contributed by atoms with E-state index in [1.807, 2.05) is 0 Å². The number of nitrogens with one attached hydrogen (secondary N) is 1. The highest BCUT2D eigenvalue weighted by Gasteiger charge is 2.17. The van der Waals surface area contributed by atoms with Crippen LogP contribution in [0.15, 0.2) is 28.1 Å². The first-order chi connectivity index (χ1) is 9.88. The van der Waals surface area contributed by atoms with E-state index < -0.39 is 23.7 Å². The first-order valence-corrected chi connectivity index (χ1v) is 7.50. The second kappa shape index (κ2) is 6.31. The van der Waals surface area contributed by atoms with Gasteiger partial charge in [-0.05, 0) is 41.1 Å². The van der Waals surface area contributed by atoms with E-state index in [0.717, 1.165) is 17.4 Å². The molecule has 1 atom stereocenters. The van der Waals surface area contributed by atoms with Crippen LogP contribution in [0.3, 0.4) is 0 Å². The predicted octanol–water partition coefficient (Wildman–Crippen LogP) is 3.23. The Hall–Kier alpha value is -1.80. The standard InChI is InChI=1S/C13H10BrFN2O3S/c1-6(12-17-10(5-21-12)13(19)20)16-11(18)7-2-3-8(14)9(15)4-7/h2-6H,1H3,(H,16,18)(H,19,20). The molecule has 1 aromatic heterocycles. The van der Waals surface area contributed by atoms with Gasteiger partial charge in [0.05, 0.1) is 10.5 Å². The van der Waals surface area contributed by atoms with Crippen LogP contribution in [0, 0.1) is 5.82 Å². The van der Waals surface area contributed by atoms with Crippen molar-refractivity contribution in [3.8, 4) is 0 Å². The normalized spacial score (nSPS) is 12.0. The Morgan fingerprint density at radius 2 is 2.19 bits per heavy atom. The number of carboxylic acids is 1. The lowest BCUT2D eigenvalue weighted by atomic mass is 10.2. The molecule has 0 bridgehead atoms. The van der Waals surface area contributed by atoms with Crippen molar-refractivity contribution in [2.24, 2.45) is 0 Å². The first-order valence-electron chi connectivity index (χ1n) is 5.83. The Balaban J connectivity index is 2.10. The third kappa shape index (κ3) is 3.64. The minimum absolute atomic E-state index is 0.0641. The first kappa shape index (κ1) is 15.6. The SMILES string of the molecule is CC(NC(=O)c1ccc(Br)c(F)c1)c1nc(C(=O)O)cs1. The topological polar surface area (TPSA) is 79.3 Å². The molecular weight excluding hydrogens is 363 g/mol. The zero-order chi connectivity index (χ0) is 15.6. The number of halogens is 2. The molecule has 0 aliphatic heterocycles. The summed E-state index contributed by atoms with van der Waals surface area (Å²) in [6.45, 7) is 1.68. The molecule has 8 heteroatoms. The lowest BCUT2D eigenvalue weighted by molar-refractivity contribution is 0.0691. The summed E-state index contributed by atoms with van der Waals surface area (Å²) >= 11 is 4.15. The molecule has 1 amide bonds. The molecular formula is C13H10BrFN2O3S. The van der Waals surface area contributed by atoms with E-state index in [4.69, 9.17) is 5.11 Å². The summed E-state index contributed by atoms with van der Waals surface area (Å²) in [7, 11) is 0. The number of aromatic nitrogens is 1. The maximum Gasteiger partial charge on any atom is 0.355 e. The van der Waals surface area contributed by atoms with Crippen LogP contribution < -0.4 is 5.32 Å². The van der Waals surface area contributed by atoms with Crippen molar-refractivity contribution in [2.75, 3.05) is 0 Å². The molecule has 5 nitrogen and oxygen atoms in total. The average molecular weight is 373 g/mol. The largest absolute Gasteiger partial charge is 0.476 e. The maximum atomic E-state index is 13.4. The molecule has 0 aliphatic carbocycles. The summed E-state index contributed by atoms with van der Waals surface area (Å²) in [6.07, 6.45) is 0. The second-order valence-electron chi connectivity index (χ2n) is 4.20. The van der Waals surface area contributed by atoms with Crippen molar-refractivity contribution in [1.82, 2.24) is 10.3 Å². The molecule has 2 aromatic rings. The number of amides is 1. The summed E-state index contributed by atoms with van der Waals surface area (Å²) in [5.41, 5.74) is 0.114. The fourth-order valence-electron chi connectivity index (χ4n) is 1.56. The number of rotatable bonds is 4. The van der Waals surface area contributed by atoms with Gasteiger partial charge in [-0.25, -0.2) is 14.2 Å². The van der Waals surface area contributed by atoms with Gasteiger partial charge >= 0.3 is 5.97 Å². The molecule has 21 heavy (non-hydrogen) atoms. The number of thiazole rings is 1. The lowest BCUT2D eigenvalue weighted by Gasteiger charge is -2.11. The summed E-state index contributed by atoms with van der Waals surface area (Å²) in [6, 6.07) is 3.58. The Kier molecular flexibility index (Phi) is 4.69. The highest BCUT2D eigenvalue weighted by atomic mass is 79.9. The van der Waals surface area contributed by atoms with Crippen LogP contribution in [0.4, 0.5) is 4.39 Å². The summed E-state index contributed by atoms with van der Waals surface area (Å²) in [5, 5.41) is 13.3. The van der Waals surface area contributed by atoms with Gasteiger partial charge < -0.3 is 10.4 Å². The van der Waals surface area contributed by atoms with Gasteiger partial charge in [0.1, 0.15) is 10.8 Å². The molecule has 2 rings (SSSR count). The number of benzene rings is 1. The van der Waals surface area contributed by atoms with Gasteiger partial charge in [-0.3, -0.25) is 4.79 Å². The number of carbonyl (C=O) groups excluding carboxylic acids is 1. The highest BCUT2D eigenvalue weighted by Crippen LogP contribution is 2.20. The van der Waals surface area contributed by atoms with Crippen LogP contribution in [0.2, 0.25) is 0 Å². The van der Waals surface area contributed by atoms with Crippen LogP contribution in [0.25, 0.3) is 0 Å². The van der Waals surface area contributed by atoms with E-state index in [9.17, 15) is 14.0 Å². The number of carboxylic acid groups (broad SMARTS) is 1. The number of hydrogen-bond donors (Lipinski definition) is 2. The lowest BCUT2D eigenvalue weighted by Crippen LogP contribution is -2.26. The molecule has 1 aromatic carbocycles. The van der Waals surface area contributed by atoms with Gasteiger partial charge in [-0.15, -0.1) is 11.3 Å². The van der Waals surface area contributed by atoms with Crippen molar-refractivity contribution in [2.45, 2.75) is 13.0 Å². The molecule has 0 saturated carbocycles.